The number of methoxy groups -OCH3 is 1. The van der Waals surface area contributed by atoms with Gasteiger partial charge in [-0.3, -0.25) is 4.79 Å². The number of aryl methyl sites for hydroxylation is 1. The number of benzene rings is 1. The molecule has 17 heavy (non-hydrogen) atoms. The topological polar surface area (TPSA) is 38.3 Å². The van der Waals surface area contributed by atoms with Crippen molar-refractivity contribution in [2.45, 2.75) is 13.0 Å². The molecule has 1 N–H and O–H groups in total. The number of rotatable bonds is 5. The van der Waals surface area contributed by atoms with Crippen LogP contribution < -0.4 is 5.32 Å². The van der Waals surface area contributed by atoms with Gasteiger partial charge >= 0.3 is 0 Å². The quantitative estimate of drug-likeness (QED) is 0.839. The molecule has 0 bridgehead atoms. The van der Waals surface area contributed by atoms with Crippen LogP contribution in [0.3, 0.4) is 0 Å². The Morgan fingerprint density at radius 1 is 1.53 bits per heavy atom. The molecule has 0 aliphatic carbocycles. The highest BCUT2D eigenvalue weighted by atomic mass is 35.5. The Kier molecular flexibility index (Phi) is 5.75. The molecule has 1 aromatic rings. The summed E-state index contributed by atoms with van der Waals surface area (Å²) < 4.78 is 4.96. The standard InChI is InChI=1S/C12H15Cl2NO2/c1-8-5-9(14)3-4-11(8)12(16)15-10(6-13)7-17-2/h3-5,10H,6-7H2,1-2H3,(H,15,16). The number of hydrogen-bond donors (Lipinski definition) is 1. The zero-order valence-corrected chi connectivity index (χ0v) is 11.3. The van der Waals surface area contributed by atoms with Gasteiger partial charge in [0.1, 0.15) is 0 Å². The van der Waals surface area contributed by atoms with E-state index in [0.29, 0.717) is 23.1 Å². The second-order valence-electron chi connectivity index (χ2n) is 3.74. The molecule has 0 aliphatic rings. The number of halogens is 2. The third kappa shape index (κ3) is 4.19. The van der Waals surface area contributed by atoms with E-state index in [1.807, 2.05) is 6.92 Å². The summed E-state index contributed by atoms with van der Waals surface area (Å²) >= 11 is 11.6. The lowest BCUT2D eigenvalue weighted by Gasteiger charge is -2.15. The summed E-state index contributed by atoms with van der Waals surface area (Å²) in [5.74, 6) is 0.147. The van der Waals surface area contributed by atoms with Gasteiger partial charge in [-0.05, 0) is 30.7 Å². The van der Waals surface area contributed by atoms with Crippen LogP contribution in [0, 0.1) is 6.92 Å². The van der Waals surface area contributed by atoms with Gasteiger partial charge in [0, 0.05) is 23.6 Å². The highest BCUT2D eigenvalue weighted by Crippen LogP contribution is 2.15. The van der Waals surface area contributed by atoms with Crippen LogP contribution in [0.15, 0.2) is 18.2 Å². The van der Waals surface area contributed by atoms with Crippen LogP contribution in [-0.2, 0) is 4.74 Å². The number of amides is 1. The fraction of sp³-hybridized carbons (Fsp3) is 0.417. The smallest absolute Gasteiger partial charge is 0.251 e. The van der Waals surface area contributed by atoms with Crippen LogP contribution in [0.5, 0.6) is 0 Å². The predicted octanol–water partition coefficient (Wildman–Crippen LogP) is 2.63. The van der Waals surface area contributed by atoms with Crippen LogP contribution in [0.2, 0.25) is 5.02 Å². The molecule has 0 saturated heterocycles. The molecule has 0 fully saturated rings. The zero-order valence-electron chi connectivity index (χ0n) is 9.80. The number of carbonyl (C=O) groups is 1. The third-order valence-corrected chi connectivity index (χ3v) is 2.93. The van der Waals surface area contributed by atoms with E-state index in [4.69, 9.17) is 27.9 Å². The highest BCUT2D eigenvalue weighted by molar-refractivity contribution is 6.30. The molecule has 94 valence electrons. The fourth-order valence-corrected chi connectivity index (χ4v) is 1.86. The van der Waals surface area contributed by atoms with E-state index in [1.54, 1.807) is 25.3 Å². The van der Waals surface area contributed by atoms with Crippen molar-refractivity contribution >= 4 is 29.1 Å². The van der Waals surface area contributed by atoms with E-state index in [0.717, 1.165) is 5.56 Å². The molecule has 1 amide bonds. The maximum absolute atomic E-state index is 12.0. The molecule has 3 nitrogen and oxygen atoms in total. The van der Waals surface area contributed by atoms with Crippen molar-refractivity contribution in [2.24, 2.45) is 0 Å². The minimum Gasteiger partial charge on any atom is -0.383 e. The van der Waals surface area contributed by atoms with E-state index >= 15 is 0 Å². The predicted molar refractivity (Wildman–Crippen MR) is 70.0 cm³/mol. The zero-order chi connectivity index (χ0) is 12.8. The molecule has 0 heterocycles. The normalized spacial score (nSPS) is 12.2. The van der Waals surface area contributed by atoms with Crippen molar-refractivity contribution in [3.05, 3.63) is 34.3 Å². The van der Waals surface area contributed by atoms with Crippen molar-refractivity contribution < 1.29 is 9.53 Å². The largest absolute Gasteiger partial charge is 0.383 e. The molecule has 0 aliphatic heterocycles. The highest BCUT2D eigenvalue weighted by Gasteiger charge is 2.14. The SMILES string of the molecule is COCC(CCl)NC(=O)c1ccc(Cl)cc1C. The van der Waals surface area contributed by atoms with Gasteiger partial charge in [-0.1, -0.05) is 11.6 Å². The summed E-state index contributed by atoms with van der Waals surface area (Å²) in [6, 6.07) is 4.95. The Bertz CT molecular complexity index is 396. The van der Waals surface area contributed by atoms with Crippen molar-refractivity contribution in [1.29, 1.82) is 0 Å². The second-order valence-corrected chi connectivity index (χ2v) is 4.48. The van der Waals surface area contributed by atoms with Crippen LogP contribution in [-0.4, -0.2) is 31.5 Å². The first kappa shape index (κ1) is 14.3. The van der Waals surface area contributed by atoms with Crippen LogP contribution in [0.25, 0.3) is 0 Å². The molecule has 0 radical (unpaired) electrons. The van der Waals surface area contributed by atoms with Crippen molar-refractivity contribution in [2.75, 3.05) is 19.6 Å². The minimum absolute atomic E-state index is 0.165. The first-order chi connectivity index (χ1) is 8.08. The number of nitrogens with one attached hydrogen (secondary N) is 1. The van der Waals surface area contributed by atoms with E-state index < -0.39 is 0 Å². The minimum atomic E-state index is -0.191. The molecule has 1 rings (SSSR count). The summed E-state index contributed by atoms with van der Waals surface area (Å²) in [7, 11) is 1.57. The Morgan fingerprint density at radius 3 is 2.76 bits per heavy atom. The maximum atomic E-state index is 12.0. The Morgan fingerprint density at radius 2 is 2.24 bits per heavy atom. The lowest BCUT2D eigenvalue weighted by molar-refractivity contribution is 0.0906. The monoisotopic (exact) mass is 275 g/mol. The van der Waals surface area contributed by atoms with Gasteiger partial charge in [0.15, 0.2) is 0 Å². The number of alkyl halides is 1. The first-order valence-corrected chi connectivity index (χ1v) is 6.11. The van der Waals surface area contributed by atoms with E-state index in [9.17, 15) is 4.79 Å². The molecule has 1 aromatic carbocycles. The third-order valence-electron chi connectivity index (χ3n) is 2.32. The second kappa shape index (κ2) is 6.84. The number of carbonyl (C=O) groups excluding carboxylic acids is 1. The summed E-state index contributed by atoms with van der Waals surface area (Å²) in [4.78, 5) is 12.0. The molecule has 0 saturated carbocycles. The molecule has 1 atom stereocenters. The van der Waals surface area contributed by atoms with Gasteiger partial charge < -0.3 is 10.1 Å². The molecular formula is C12H15Cl2NO2. The number of ether oxygens (including phenoxy) is 1. The van der Waals surface area contributed by atoms with Gasteiger partial charge in [-0.15, -0.1) is 11.6 Å². The summed E-state index contributed by atoms with van der Waals surface area (Å²) in [6.45, 7) is 2.23. The van der Waals surface area contributed by atoms with Gasteiger partial charge in [0.05, 0.1) is 12.6 Å². The van der Waals surface area contributed by atoms with Crippen molar-refractivity contribution in [1.82, 2.24) is 5.32 Å². The Labute approximate surface area is 111 Å². The molecule has 5 heteroatoms. The van der Waals surface area contributed by atoms with Gasteiger partial charge in [0.25, 0.3) is 5.91 Å². The first-order valence-electron chi connectivity index (χ1n) is 5.20. The Hall–Kier alpha value is -0.770. The molecular weight excluding hydrogens is 261 g/mol. The van der Waals surface area contributed by atoms with Crippen molar-refractivity contribution in [3.8, 4) is 0 Å². The number of hydrogen-bond acceptors (Lipinski definition) is 2. The molecule has 0 spiro atoms. The Balaban J connectivity index is 2.75. The summed E-state index contributed by atoms with van der Waals surface area (Å²) in [6.07, 6.45) is 0. The van der Waals surface area contributed by atoms with Gasteiger partial charge in [-0.25, -0.2) is 0 Å². The lowest BCUT2D eigenvalue weighted by atomic mass is 10.1. The lowest BCUT2D eigenvalue weighted by Crippen LogP contribution is -2.39. The van der Waals surface area contributed by atoms with E-state index in [2.05, 4.69) is 5.32 Å². The molecule has 1 unspecified atom stereocenters. The fourth-order valence-electron chi connectivity index (χ4n) is 1.47. The molecule has 0 aromatic heterocycles. The average molecular weight is 276 g/mol. The van der Waals surface area contributed by atoms with Gasteiger partial charge in [0.2, 0.25) is 0 Å². The van der Waals surface area contributed by atoms with Crippen molar-refractivity contribution in [3.63, 3.8) is 0 Å². The summed E-state index contributed by atoms with van der Waals surface area (Å²) in [5.41, 5.74) is 1.43. The van der Waals surface area contributed by atoms with E-state index in [1.165, 1.54) is 0 Å². The van der Waals surface area contributed by atoms with E-state index in [-0.39, 0.29) is 11.9 Å². The van der Waals surface area contributed by atoms with Gasteiger partial charge in [-0.2, -0.15) is 0 Å². The average Bonchev–Trinajstić information content (AvgIpc) is 2.28. The van der Waals surface area contributed by atoms with Crippen LogP contribution in [0.4, 0.5) is 0 Å². The maximum Gasteiger partial charge on any atom is 0.251 e. The van der Waals surface area contributed by atoms with Crippen LogP contribution >= 0.6 is 23.2 Å². The van der Waals surface area contributed by atoms with Crippen LogP contribution in [0.1, 0.15) is 15.9 Å². The summed E-state index contributed by atoms with van der Waals surface area (Å²) in [5, 5.41) is 3.42.